The first-order chi connectivity index (χ1) is 9.72. The van der Waals surface area contributed by atoms with Gasteiger partial charge in [0.2, 0.25) is 5.91 Å². The first kappa shape index (κ1) is 15.0. The smallest absolute Gasteiger partial charge is 0.240 e. The Hall–Kier alpha value is -1.39. The van der Waals surface area contributed by atoms with Gasteiger partial charge in [-0.1, -0.05) is 30.3 Å². The van der Waals surface area contributed by atoms with Gasteiger partial charge < -0.3 is 15.7 Å². The molecular formula is C16H24N2O2. The van der Waals surface area contributed by atoms with Crippen LogP contribution in [-0.2, 0) is 11.2 Å². The van der Waals surface area contributed by atoms with E-state index in [1.165, 1.54) is 6.42 Å². The van der Waals surface area contributed by atoms with Gasteiger partial charge in [0.25, 0.3) is 0 Å². The number of amides is 1. The predicted molar refractivity (Wildman–Crippen MR) is 79.2 cm³/mol. The van der Waals surface area contributed by atoms with Crippen molar-refractivity contribution in [3.8, 4) is 0 Å². The normalized spacial score (nSPS) is 16.5. The zero-order chi connectivity index (χ0) is 14.4. The van der Waals surface area contributed by atoms with Crippen LogP contribution in [0.1, 0.15) is 31.2 Å². The van der Waals surface area contributed by atoms with Gasteiger partial charge in [-0.2, -0.15) is 0 Å². The SMILES string of the molecule is N[C@H](Cc1ccccc1)C(=O)N(CCCO)C1CCC1. The molecule has 0 radical (unpaired) electrons. The Bertz CT molecular complexity index is 418. The Balaban J connectivity index is 1.95. The molecule has 1 aromatic rings. The topological polar surface area (TPSA) is 66.6 Å². The summed E-state index contributed by atoms with van der Waals surface area (Å²) in [7, 11) is 0. The molecule has 0 saturated heterocycles. The predicted octanol–water partition coefficient (Wildman–Crippen LogP) is 1.32. The van der Waals surface area contributed by atoms with E-state index in [4.69, 9.17) is 10.8 Å². The summed E-state index contributed by atoms with van der Waals surface area (Å²) in [6.07, 6.45) is 4.51. The van der Waals surface area contributed by atoms with Gasteiger partial charge in [-0.05, 0) is 37.7 Å². The highest BCUT2D eigenvalue weighted by Gasteiger charge is 2.31. The first-order valence-electron chi connectivity index (χ1n) is 7.43. The Morgan fingerprint density at radius 2 is 2.05 bits per heavy atom. The first-order valence-corrected chi connectivity index (χ1v) is 7.43. The van der Waals surface area contributed by atoms with E-state index >= 15 is 0 Å². The number of nitrogens with zero attached hydrogens (tertiary/aromatic N) is 1. The number of carbonyl (C=O) groups is 1. The molecule has 110 valence electrons. The fourth-order valence-corrected chi connectivity index (χ4v) is 2.58. The number of hydrogen-bond acceptors (Lipinski definition) is 3. The minimum atomic E-state index is -0.489. The lowest BCUT2D eigenvalue weighted by Crippen LogP contribution is -2.52. The maximum atomic E-state index is 12.5. The monoisotopic (exact) mass is 276 g/mol. The summed E-state index contributed by atoms with van der Waals surface area (Å²) in [6, 6.07) is 9.71. The third-order valence-corrected chi connectivity index (χ3v) is 3.97. The van der Waals surface area contributed by atoms with Crippen LogP contribution < -0.4 is 5.73 Å². The van der Waals surface area contributed by atoms with Crippen molar-refractivity contribution < 1.29 is 9.90 Å². The molecule has 0 unspecified atom stereocenters. The maximum absolute atomic E-state index is 12.5. The standard InChI is InChI=1S/C16H24N2O2/c17-15(12-13-6-2-1-3-7-13)16(20)18(10-5-11-19)14-8-4-9-14/h1-3,6-7,14-15,19H,4-5,8-12,17H2/t15-/m1/s1. The van der Waals surface area contributed by atoms with Crippen LogP contribution in [0.3, 0.4) is 0 Å². The van der Waals surface area contributed by atoms with E-state index in [0.29, 0.717) is 25.4 Å². The van der Waals surface area contributed by atoms with Gasteiger partial charge in [-0.25, -0.2) is 0 Å². The molecule has 1 amide bonds. The summed E-state index contributed by atoms with van der Waals surface area (Å²) in [5.74, 6) is 0.0204. The van der Waals surface area contributed by atoms with Crippen molar-refractivity contribution in [2.24, 2.45) is 5.73 Å². The van der Waals surface area contributed by atoms with E-state index in [0.717, 1.165) is 18.4 Å². The lowest BCUT2D eigenvalue weighted by Gasteiger charge is -2.39. The number of hydrogen-bond donors (Lipinski definition) is 2. The number of carbonyl (C=O) groups excluding carboxylic acids is 1. The zero-order valence-electron chi connectivity index (χ0n) is 11.9. The third kappa shape index (κ3) is 3.81. The second-order valence-corrected chi connectivity index (χ2v) is 5.49. The molecule has 4 nitrogen and oxygen atoms in total. The van der Waals surface area contributed by atoms with Gasteiger partial charge >= 0.3 is 0 Å². The van der Waals surface area contributed by atoms with Crippen molar-refractivity contribution in [3.05, 3.63) is 35.9 Å². The van der Waals surface area contributed by atoms with Crippen LogP contribution in [0.5, 0.6) is 0 Å². The molecule has 0 spiro atoms. The van der Waals surface area contributed by atoms with Crippen LogP contribution in [-0.4, -0.2) is 41.1 Å². The molecular weight excluding hydrogens is 252 g/mol. The van der Waals surface area contributed by atoms with E-state index in [2.05, 4.69) is 0 Å². The molecule has 2 rings (SSSR count). The molecule has 0 aliphatic heterocycles. The third-order valence-electron chi connectivity index (χ3n) is 3.97. The highest BCUT2D eigenvalue weighted by molar-refractivity contribution is 5.82. The average Bonchev–Trinajstić information content (AvgIpc) is 2.41. The van der Waals surface area contributed by atoms with Crippen LogP contribution in [0.15, 0.2) is 30.3 Å². The summed E-state index contributed by atoms with van der Waals surface area (Å²) in [5.41, 5.74) is 7.17. The fourth-order valence-electron chi connectivity index (χ4n) is 2.58. The van der Waals surface area contributed by atoms with Crippen molar-refractivity contribution in [2.75, 3.05) is 13.2 Å². The summed E-state index contributed by atoms with van der Waals surface area (Å²) in [5, 5.41) is 8.97. The van der Waals surface area contributed by atoms with Gasteiger partial charge in [0.15, 0.2) is 0 Å². The molecule has 0 heterocycles. The maximum Gasteiger partial charge on any atom is 0.240 e. The van der Waals surface area contributed by atoms with Gasteiger partial charge in [0, 0.05) is 19.2 Å². The Morgan fingerprint density at radius 3 is 2.60 bits per heavy atom. The second kappa shape index (κ2) is 7.41. The highest BCUT2D eigenvalue weighted by atomic mass is 16.3. The van der Waals surface area contributed by atoms with E-state index in [1.54, 1.807) is 0 Å². The van der Waals surface area contributed by atoms with E-state index < -0.39 is 6.04 Å². The van der Waals surface area contributed by atoms with Crippen LogP contribution in [0.25, 0.3) is 0 Å². The van der Waals surface area contributed by atoms with Crippen molar-refractivity contribution in [3.63, 3.8) is 0 Å². The molecule has 1 aromatic carbocycles. The van der Waals surface area contributed by atoms with Gasteiger partial charge in [0.05, 0.1) is 6.04 Å². The summed E-state index contributed by atoms with van der Waals surface area (Å²) < 4.78 is 0. The molecule has 20 heavy (non-hydrogen) atoms. The second-order valence-electron chi connectivity index (χ2n) is 5.49. The number of aliphatic hydroxyl groups excluding tert-OH is 1. The van der Waals surface area contributed by atoms with Crippen LogP contribution in [0.2, 0.25) is 0 Å². The Kier molecular flexibility index (Phi) is 5.56. The molecule has 1 atom stereocenters. The van der Waals surface area contributed by atoms with Crippen LogP contribution in [0.4, 0.5) is 0 Å². The molecule has 1 aliphatic rings. The fraction of sp³-hybridized carbons (Fsp3) is 0.562. The van der Waals surface area contributed by atoms with E-state index in [9.17, 15) is 4.79 Å². The highest BCUT2D eigenvalue weighted by Crippen LogP contribution is 2.25. The van der Waals surface area contributed by atoms with Gasteiger partial charge in [0.1, 0.15) is 0 Å². The van der Waals surface area contributed by atoms with Crippen molar-refractivity contribution >= 4 is 5.91 Å². The Morgan fingerprint density at radius 1 is 1.35 bits per heavy atom. The molecule has 0 bridgehead atoms. The number of rotatable bonds is 7. The van der Waals surface area contributed by atoms with Crippen LogP contribution >= 0.6 is 0 Å². The summed E-state index contributed by atoms with van der Waals surface area (Å²) >= 11 is 0. The van der Waals surface area contributed by atoms with Gasteiger partial charge in [-0.15, -0.1) is 0 Å². The van der Waals surface area contributed by atoms with Crippen molar-refractivity contribution in [2.45, 2.75) is 44.2 Å². The average molecular weight is 276 g/mol. The number of benzene rings is 1. The summed E-state index contributed by atoms with van der Waals surface area (Å²) in [4.78, 5) is 14.4. The molecule has 1 aliphatic carbocycles. The zero-order valence-corrected chi connectivity index (χ0v) is 11.9. The van der Waals surface area contributed by atoms with Crippen molar-refractivity contribution in [1.82, 2.24) is 4.90 Å². The number of nitrogens with two attached hydrogens (primary N) is 1. The van der Waals surface area contributed by atoms with Crippen LogP contribution in [0, 0.1) is 0 Å². The molecule has 1 saturated carbocycles. The lowest BCUT2D eigenvalue weighted by molar-refractivity contribution is -0.136. The van der Waals surface area contributed by atoms with Gasteiger partial charge in [-0.3, -0.25) is 4.79 Å². The largest absolute Gasteiger partial charge is 0.396 e. The molecule has 1 fully saturated rings. The minimum Gasteiger partial charge on any atom is -0.396 e. The molecule has 3 N–H and O–H groups in total. The lowest BCUT2D eigenvalue weighted by atomic mass is 9.90. The molecule has 0 aromatic heterocycles. The van der Waals surface area contributed by atoms with E-state index in [-0.39, 0.29) is 12.5 Å². The quantitative estimate of drug-likeness (QED) is 0.789. The van der Waals surface area contributed by atoms with E-state index in [1.807, 2.05) is 35.2 Å². The van der Waals surface area contributed by atoms with Crippen molar-refractivity contribution in [1.29, 1.82) is 0 Å². The Labute approximate surface area is 120 Å². The summed E-state index contributed by atoms with van der Waals surface area (Å²) in [6.45, 7) is 0.729. The minimum absolute atomic E-state index is 0.0204. The molecule has 4 heteroatoms. The number of aliphatic hydroxyl groups is 1.